The van der Waals surface area contributed by atoms with Crippen molar-refractivity contribution in [3.05, 3.63) is 34.9 Å². The zero-order chi connectivity index (χ0) is 12.4. The molecule has 0 amide bonds. The monoisotopic (exact) mass is 232 g/mol. The summed E-state index contributed by atoms with van der Waals surface area (Å²) in [6.07, 6.45) is 3.98. The van der Waals surface area contributed by atoms with Gasteiger partial charge >= 0.3 is 0 Å². The van der Waals surface area contributed by atoms with Crippen LogP contribution in [0.4, 0.5) is 0 Å². The third-order valence-electron chi connectivity index (χ3n) is 4.14. The summed E-state index contributed by atoms with van der Waals surface area (Å²) in [5, 5.41) is 0. The second-order valence-corrected chi connectivity index (χ2v) is 5.64. The van der Waals surface area contributed by atoms with Crippen molar-refractivity contribution in [2.75, 3.05) is 0 Å². The number of hydrogen-bond donors (Lipinski definition) is 2. The van der Waals surface area contributed by atoms with E-state index in [4.69, 9.17) is 5.84 Å². The van der Waals surface area contributed by atoms with Crippen LogP contribution in [-0.2, 0) is 0 Å². The first-order chi connectivity index (χ1) is 8.11. The van der Waals surface area contributed by atoms with Gasteiger partial charge in [0.25, 0.3) is 0 Å². The summed E-state index contributed by atoms with van der Waals surface area (Å²) in [5.74, 6) is 7.25. The van der Waals surface area contributed by atoms with Gasteiger partial charge in [-0.3, -0.25) is 11.3 Å². The van der Waals surface area contributed by atoms with Gasteiger partial charge in [0.05, 0.1) is 0 Å². The first-order valence-corrected chi connectivity index (χ1v) is 6.66. The maximum absolute atomic E-state index is 5.80. The van der Waals surface area contributed by atoms with Crippen LogP contribution in [0.5, 0.6) is 0 Å². The van der Waals surface area contributed by atoms with Crippen LogP contribution in [0, 0.1) is 25.7 Å². The second-order valence-electron chi connectivity index (χ2n) is 5.64. The number of aryl methyl sites for hydroxylation is 2. The minimum Gasteiger partial charge on any atom is -0.271 e. The summed E-state index contributed by atoms with van der Waals surface area (Å²) < 4.78 is 0. The molecule has 1 fully saturated rings. The Bertz CT molecular complexity index is 366. The molecule has 3 unspecified atom stereocenters. The van der Waals surface area contributed by atoms with E-state index in [0.29, 0.717) is 12.0 Å². The Kier molecular flexibility index (Phi) is 3.85. The molecular weight excluding hydrogens is 208 g/mol. The third kappa shape index (κ3) is 2.70. The van der Waals surface area contributed by atoms with Gasteiger partial charge in [-0.15, -0.1) is 0 Å². The molecule has 1 aliphatic carbocycles. The van der Waals surface area contributed by atoms with Gasteiger partial charge < -0.3 is 0 Å². The predicted molar refractivity (Wildman–Crippen MR) is 72.5 cm³/mol. The smallest absolute Gasteiger partial charge is 0.0490 e. The van der Waals surface area contributed by atoms with Crippen LogP contribution in [0.3, 0.4) is 0 Å². The molecular formula is C15H24N2. The van der Waals surface area contributed by atoms with E-state index in [-0.39, 0.29) is 0 Å². The molecule has 0 saturated heterocycles. The zero-order valence-corrected chi connectivity index (χ0v) is 11.2. The Hall–Kier alpha value is -0.860. The second kappa shape index (κ2) is 5.19. The highest BCUT2D eigenvalue weighted by molar-refractivity contribution is 5.31. The van der Waals surface area contributed by atoms with Gasteiger partial charge in [-0.05, 0) is 37.7 Å². The van der Waals surface area contributed by atoms with Crippen LogP contribution in [0.15, 0.2) is 18.2 Å². The van der Waals surface area contributed by atoms with E-state index in [9.17, 15) is 0 Å². The number of hydrogen-bond acceptors (Lipinski definition) is 2. The van der Waals surface area contributed by atoms with E-state index in [2.05, 4.69) is 44.4 Å². The fraction of sp³-hybridized carbons (Fsp3) is 0.600. The fourth-order valence-electron chi connectivity index (χ4n) is 3.33. The summed E-state index contributed by atoms with van der Waals surface area (Å²) in [4.78, 5) is 0. The van der Waals surface area contributed by atoms with E-state index in [0.717, 1.165) is 5.92 Å². The molecule has 2 heteroatoms. The molecule has 3 atom stereocenters. The summed E-state index contributed by atoms with van der Waals surface area (Å²) >= 11 is 0. The van der Waals surface area contributed by atoms with Gasteiger partial charge in [0, 0.05) is 6.04 Å². The van der Waals surface area contributed by atoms with Crippen molar-refractivity contribution in [3.8, 4) is 0 Å². The summed E-state index contributed by atoms with van der Waals surface area (Å²) in [6, 6.07) is 7.06. The summed E-state index contributed by atoms with van der Waals surface area (Å²) in [5.41, 5.74) is 7.05. The molecule has 3 N–H and O–H groups in total. The highest BCUT2D eigenvalue weighted by atomic mass is 15.2. The molecule has 0 spiro atoms. The zero-order valence-electron chi connectivity index (χ0n) is 11.2. The quantitative estimate of drug-likeness (QED) is 0.620. The molecule has 1 saturated carbocycles. The Balaban J connectivity index is 2.28. The average Bonchev–Trinajstić information content (AvgIpc) is 2.65. The van der Waals surface area contributed by atoms with Crippen molar-refractivity contribution < 1.29 is 0 Å². The summed E-state index contributed by atoms with van der Waals surface area (Å²) in [7, 11) is 0. The molecule has 0 aromatic heterocycles. The number of nitrogens with two attached hydrogens (primary N) is 1. The SMILES string of the molecule is Cc1cc(C)cc(C(NN)C2CCCC2C)c1. The molecule has 2 rings (SSSR count). The number of rotatable bonds is 3. The largest absolute Gasteiger partial charge is 0.271 e. The number of hydrazine groups is 1. The Labute approximate surface area is 105 Å². The van der Waals surface area contributed by atoms with Crippen molar-refractivity contribution >= 4 is 0 Å². The van der Waals surface area contributed by atoms with Gasteiger partial charge in [0.1, 0.15) is 0 Å². The molecule has 17 heavy (non-hydrogen) atoms. The van der Waals surface area contributed by atoms with Gasteiger partial charge in [0.2, 0.25) is 0 Å². The van der Waals surface area contributed by atoms with E-state index < -0.39 is 0 Å². The molecule has 1 aromatic carbocycles. The number of benzene rings is 1. The van der Waals surface area contributed by atoms with Crippen LogP contribution in [0.2, 0.25) is 0 Å². The van der Waals surface area contributed by atoms with Gasteiger partial charge in [-0.25, -0.2) is 0 Å². The lowest BCUT2D eigenvalue weighted by atomic mass is 9.85. The van der Waals surface area contributed by atoms with Crippen LogP contribution in [0.25, 0.3) is 0 Å². The van der Waals surface area contributed by atoms with Crippen LogP contribution in [-0.4, -0.2) is 0 Å². The van der Waals surface area contributed by atoms with Gasteiger partial charge in [0.15, 0.2) is 0 Å². The van der Waals surface area contributed by atoms with Crippen LogP contribution < -0.4 is 11.3 Å². The highest BCUT2D eigenvalue weighted by Gasteiger charge is 2.31. The molecule has 1 aliphatic rings. The topological polar surface area (TPSA) is 38.0 Å². The first kappa shape index (κ1) is 12.6. The first-order valence-electron chi connectivity index (χ1n) is 6.66. The van der Waals surface area contributed by atoms with E-state index in [1.165, 1.54) is 36.0 Å². The Morgan fingerprint density at radius 1 is 1.18 bits per heavy atom. The fourth-order valence-corrected chi connectivity index (χ4v) is 3.33. The minimum atomic E-state index is 0.311. The lowest BCUT2D eigenvalue weighted by Gasteiger charge is -2.27. The van der Waals surface area contributed by atoms with Crippen molar-refractivity contribution in [1.29, 1.82) is 0 Å². The molecule has 94 valence electrons. The third-order valence-corrected chi connectivity index (χ3v) is 4.14. The highest BCUT2D eigenvalue weighted by Crippen LogP contribution is 2.39. The normalized spacial score (nSPS) is 26.1. The molecule has 0 radical (unpaired) electrons. The standard InChI is InChI=1S/C15H24N2/c1-10-7-11(2)9-13(8-10)15(17-16)14-6-4-5-12(14)3/h7-9,12,14-15,17H,4-6,16H2,1-3H3. The minimum absolute atomic E-state index is 0.311. The molecule has 2 nitrogen and oxygen atoms in total. The van der Waals surface area contributed by atoms with Crippen molar-refractivity contribution in [1.82, 2.24) is 5.43 Å². The lowest BCUT2D eigenvalue weighted by molar-refractivity contribution is 0.304. The van der Waals surface area contributed by atoms with Crippen molar-refractivity contribution in [2.24, 2.45) is 17.7 Å². The molecule has 0 heterocycles. The van der Waals surface area contributed by atoms with Crippen LogP contribution >= 0.6 is 0 Å². The average molecular weight is 232 g/mol. The Morgan fingerprint density at radius 2 is 1.82 bits per heavy atom. The maximum Gasteiger partial charge on any atom is 0.0490 e. The van der Waals surface area contributed by atoms with Crippen LogP contribution in [0.1, 0.15) is 48.9 Å². The lowest BCUT2D eigenvalue weighted by Crippen LogP contribution is -2.34. The number of nitrogens with one attached hydrogen (secondary N) is 1. The van der Waals surface area contributed by atoms with Crippen molar-refractivity contribution in [2.45, 2.75) is 46.1 Å². The summed E-state index contributed by atoms with van der Waals surface area (Å²) in [6.45, 7) is 6.66. The van der Waals surface area contributed by atoms with E-state index >= 15 is 0 Å². The Morgan fingerprint density at radius 3 is 2.29 bits per heavy atom. The molecule has 1 aromatic rings. The molecule has 0 bridgehead atoms. The van der Waals surface area contributed by atoms with Crippen molar-refractivity contribution in [3.63, 3.8) is 0 Å². The molecule has 0 aliphatic heterocycles. The predicted octanol–water partition coefficient (Wildman–Crippen LogP) is 3.24. The van der Waals surface area contributed by atoms with E-state index in [1.54, 1.807) is 0 Å². The van der Waals surface area contributed by atoms with Gasteiger partial charge in [-0.1, -0.05) is 49.1 Å². The maximum atomic E-state index is 5.80. The van der Waals surface area contributed by atoms with Gasteiger partial charge in [-0.2, -0.15) is 0 Å². The van der Waals surface area contributed by atoms with E-state index in [1.807, 2.05) is 0 Å².